The van der Waals surface area contributed by atoms with Crippen LogP contribution in [-0.4, -0.2) is 28.3 Å². The molecule has 1 aliphatic rings. The highest BCUT2D eigenvalue weighted by molar-refractivity contribution is 7.71. The van der Waals surface area contributed by atoms with Gasteiger partial charge in [-0.1, -0.05) is 36.8 Å². The smallest absolute Gasteiger partial charge is 0.262 e. The Morgan fingerprint density at radius 3 is 2.70 bits per heavy atom. The standard InChI is InChI=1S/C25H29N3O4S/c1-17(11-12-18-8-4-2-5-9-18)26-23(29)10-6-3-7-13-28-24(30)19-14-21-22(32-16-31-21)15-20(19)27-25(28)33/h2,4-5,8-9,14-15,17H,3,6-7,10-13,16H2,1H3,(H,26,29)(H,27,33)/t17-/m1/s1. The number of nitrogens with one attached hydrogen (secondary N) is 2. The Labute approximate surface area is 197 Å². The second kappa shape index (κ2) is 10.7. The predicted octanol–water partition coefficient (Wildman–Crippen LogP) is 4.49. The van der Waals surface area contributed by atoms with Gasteiger partial charge in [-0.05, 0) is 56.5 Å². The minimum Gasteiger partial charge on any atom is -0.454 e. The molecule has 3 aromatic rings. The number of aromatic amines is 1. The van der Waals surface area contributed by atoms with Crippen molar-refractivity contribution < 1.29 is 14.3 Å². The maximum absolute atomic E-state index is 12.9. The topological polar surface area (TPSA) is 85.4 Å². The number of rotatable bonds is 10. The number of carbonyl (C=O) groups excluding carboxylic acids is 1. The van der Waals surface area contributed by atoms with Gasteiger partial charge in [0.05, 0.1) is 10.9 Å². The predicted molar refractivity (Wildman–Crippen MR) is 130 cm³/mol. The summed E-state index contributed by atoms with van der Waals surface area (Å²) < 4.78 is 12.7. The lowest BCUT2D eigenvalue weighted by molar-refractivity contribution is -0.121. The fraction of sp³-hybridized carbons (Fsp3) is 0.400. The van der Waals surface area contributed by atoms with Gasteiger partial charge in [0.1, 0.15) is 0 Å². The van der Waals surface area contributed by atoms with Gasteiger partial charge in [-0.15, -0.1) is 0 Å². The zero-order chi connectivity index (χ0) is 23.2. The summed E-state index contributed by atoms with van der Waals surface area (Å²) >= 11 is 5.39. The van der Waals surface area contributed by atoms with Crippen LogP contribution in [0.25, 0.3) is 10.9 Å². The monoisotopic (exact) mass is 467 g/mol. The van der Waals surface area contributed by atoms with Gasteiger partial charge in [0.25, 0.3) is 5.56 Å². The summed E-state index contributed by atoms with van der Waals surface area (Å²) in [4.78, 5) is 28.3. The van der Waals surface area contributed by atoms with Crippen LogP contribution in [0.4, 0.5) is 0 Å². The molecule has 0 aliphatic carbocycles. The minimum absolute atomic E-state index is 0.0757. The van der Waals surface area contributed by atoms with E-state index >= 15 is 0 Å². The first-order chi connectivity index (χ1) is 16.0. The molecule has 8 heteroatoms. The highest BCUT2D eigenvalue weighted by Gasteiger charge is 2.17. The van der Waals surface area contributed by atoms with Gasteiger partial charge in [0.15, 0.2) is 16.3 Å². The van der Waals surface area contributed by atoms with Crippen molar-refractivity contribution in [2.24, 2.45) is 0 Å². The zero-order valence-corrected chi connectivity index (χ0v) is 19.6. The number of nitrogens with zero attached hydrogens (tertiary/aromatic N) is 1. The normalized spacial score (nSPS) is 13.2. The molecular weight excluding hydrogens is 438 g/mol. The number of benzene rings is 2. The summed E-state index contributed by atoms with van der Waals surface area (Å²) in [6.45, 7) is 2.70. The fourth-order valence-corrected chi connectivity index (χ4v) is 4.31. The number of aryl methyl sites for hydroxylation is 1. The molecular formula is C25H29N3O4S. The number of fused-ring (bicyclic) bond motifs is 2. The summed E-state index contributed by atoms with van der Waals surface area (Å²) in [5, 5.41) is 3.60. The molecule has 2 aromatic carbocycles. The molecule has 7 nitrogen and oxygen atoms in total. The Bertz CT molecular complexity index is 1240. The van der Waals surface area contributed by atoms with Gasteiger partial charge in [0, 0.05) is 25.1 Å². The quantitative estimate of drug-likeness (QED) is 0.339. The number of hydrogen-bond acceptors (Lipinski definition) is 5. The molecule has 4 rings (SSSR count). The number of H-pyrrole nitrogens is 1. The van der Waals surface area contributed by atoms with Crippen LogP contribution in [0.1, 0.15) is 44.6 Å². The van der Waals surface area contributed by atoms with E-state index in [4.69, 9.17) is 21.7 Å². The van der Waals surface area contributed by atoms with Gasteiger partial charge >= 0.3 is 0 Å². The van der Waals surface area contributed by atoms with Crippen LogP contribution in [0.5, 0.6) is 11.5 Å². The van der Waals surface area contributed by atoms with E-state index in [1.165, 1.54) is 5.56 Å². The summed E-state index contributed by atoms with van der Waals surface area (Å²) in [5.41, 5.74) is 1.78. The molecule has 174 valence electrons. The summed E-state index contributed by atoms with van der Waals surface area (Å²) in [6.07, 6.45) is 4.73. The fourth-order valence-electron chi connectivity index (χ4n) is 4.02. The first-order valence-corrected chi connectivity index (χ1v) is 11.8. The van der Waals surface area contributed by atoms with E-state index in [-0.39, 0.29) is 24.3 Å². The molecule has 0 unspecified atom stereocenters. The second-order valence-electron chi connectivity index (χ2n) is 8.44. The second-order valence-corrected chi connectivity index (χ2v) is 8.83. The van der Waals surface area contributed by atoms with Crippen molar-refractivity contribution in [2.75, 3.05) is 6.79 Å². The number of carbonyl (C=O) groups is 1. The number of hydrogen-bond donors (Lipinski definition) is 2. The molecule has 1 amide bonds. The third-order valence-corrected chi connectivity index (χ3v) is 6.20. The number of aromatic nitrogens is 2. The van der Waals surface area contributed by atoms with Crippen LogP contribution in [0.2, 0.25) is 0 Å². The Balaban J connectivity index is 1.22. The van der Waals surface area contributed by atoms with Gasteiger partial charge in [-0.25, -0.2) is 0 Å². The number of unbranched alkanes of at least 4 members (excludes halogenated alkanes) is 2. The molecule has 2 heterocycles. The summed E-state index contributed by atoms with van der Waals surface area (Å²) in [5.74, 6) is 1.26. The number of amides is 1. The van der Waals surface area contributed by atoms with Gasteiger partial charge < -0.3 is 19.8 Å². The molecule has 0 bridgehead atoms. The van der Waals surface area contributed by atoms with E-state index in [9.17, 15) is 9.59 Å². The van der Waals surface area contributed by atoms with Crippen LogP contribution in [0.3, 0.4) is 0 Å². The molecule has 0 radical (unpaired) electrons. The summed E-state index contributed by atoms with van der Waals surface area (Å²) in [7, 11) is 0. The average molecular weight is 468 g/mol. The molecule has 1 aliphatic heterocycles. The highest BCUT2D eigenvalue weighted by atomic mass is 32.1. The molecule has 1 aromatic heterocycles. The van der Waals surface area contributed by atoms with Crippen molar-refractivity contribution >= 4 is 29.0 Å². The van der Waals surface area contributed by atoms with Crippen LogP contribution >= 0.6 is 12.2 Å². The van der Waals surface area contributed by atoms with Crippen LogP contribution < -0.4 is 20.3 Å². The van der Waals surface area contributed by atoms with Crippen molar-refractivity contribution in [2.45, 2.75) is 58.0 Å². The van der Waals surface area contributed by atoms with Gasteiger partial charge in [-0.2, -0.15) is 0 Å². The third-order valence-electron chi connectivity index (χ3n) is 5.88. The van der Waals surface area contributed by atoms with Crippen molar-refractivity contribution in [1.29, 1.82) is 0 Å². The SMILES string of the molecule is C[C@H](CCc1ccccc1)NC(=O)CCCCCn1c(=S)[nH]c2cc3c(cc2c1=O)OCO3. The Morgan fingerprint density at radius 1 is 1.15 bits per heavy atom. The molecule has 0 saturated heterocycles. The average Bonchev–Trinajstić information content (AvgIpc) is 3.26. The molecule has 0 saturated carbocycles. The highest BCUT2D eigenvalue weighted by Crippen LogP contribution is 2.34. The molecule has 2 N–H and O–H groups in total. The lowest BCUT2D eigenvalue weighted by Gasteiger charge is -2.14. The molecule has 0 spiro atoms. The van der Waals surface area contributed by atoms with Crippen LogP contribution in [0, 0.1) is 4.77 Å². The first kappa shape index (κ1) is 23.0. The van der Waals surface area contributed by atoms with E-state index in [0.29, 0.717) is 40.1 Å². The molecule has 0 fully saturated rings. The summed E-state index contributed by atoms with van der Waals surface area (Å²) in [6, 6.07) is 13.9. The van der Waals surface area contributed by atoms with Crippen molar-refractivity contribution in [1.82, 2.24) is 14.9 Å². The Kier molecular flexibility index (Phi) is 7.44. The third kappa shape index (κ3) is 5.82. The van der Waals surface area contributed by atoms with Crippen molar-refractivity contribution in [3.8, 4) is 11.5 Å². The zero-order valence-electron chi connectivity index (χ0n) is 18.8. The number of ether oxygens (including phenoxy) is 2. The Hall–Kier alpha value is -3.13. The van der Waals surface area contributed by atoms with E-state index in [2.05, 4.69) is 22.4 Å². The van der Waals surface area contributed by atoms with Crippen molar-refractivity contribution in [3.05, 3.63) is 63.2 Å². The van der Waals surface area contributed by atoms with E-state index in [1.54, 1.807) is 16.7 Å². The lowest BCUT2D eigenvalue weighted by Crippen LogP contribution is -2.32. The molecule has 33 heavy (non-hydrogen) atoms. The van der Waals surface area contributed by atoms with E-state index in [0.717, 1.165) is 32.1 Å². The van der Waals surface area contributed by atoms with Crippen LogP contribution in [0.15, 0.2) is 47.3 Å². The van der Waals surface area contributed by atoms with Crippen LogP contribution in [-0.2, 0) is 17.8 Å². The van der Waals surface area contributed by atoms with Gasteiger partial charge in [-0.3, -0.25) is 14.2 Å². The van der Waals surface area contributed by atoms with E-state index in [1.807, 2.05) is 25.1 Å². The largest absolute Gasteiger partial charge is 0.454 e. The maximum Gasteiger partial charge on any atom is 0.262 e. The maximum atomic E-state index is 12.9. The lowest BCUT2D eigenvalue weighted by atomic mass is 10.1. The molecule has 1 atom stereocenters. The van der Waals surface area contributed by atoms with Gasteiger partial charge in [0.2, 0.25) is 12.7 Å². The minimum atomic E-state index is -0.142. The Morgan fingerprint density at radius 2 is 1.91 bits per heavy atom. The van der Waals surface area contributed by atoms with Crippen molar-refractivity contribution in [3.63, 3.8) is 0 Å². The van der Waals surface area contributed by atoms with E-state index < -0.39 is 0 Å². The first-order valence-electron chi connectivity index (χ1n) is 11.4.